The van der Waals surface area contributed by atoms with Crippen molar-refractivity contribution in [1.82, 2.24) is 19.8 Å². The van der Waals surface area contributed by atoms with Gasteiger partial charge in [0.25, 0.3) is 0 Å². The summed E-state index contributed by atoms with van der Waals surface area (Å²) in [6.07, 6.45) is 9.09. The lowest BCUT2D eigenvalue weighted by Gasteiger charge is -2.41. The molecule has 4 fully saturated rings. The zero-order valence-electron chi connectivity index (χ0n) is 20.9. The summed E-state index contributed by atoms with van der Waals surface area (Å²) in [5, 5.41) is 0. The van der Waals surface area contributed by atoms with Gasteiger partial charge in [-0.1, -0.05) is 12.1 Å². The van der Waals surface area contributed by atoms with Gasteiger partial charge in [-0.05, 0) is 73.6 Å². The minimum atomic E-state index is 0. The van der Waals surface area contributed by atoms with Crippen molar-refractivity contribution in [2.45, 2.75) is 51.4 Å². The van der Waals surface area contributed by atoms with Crippen molar-refractivity contribution >= 4 is 30.1 Å². The number of rotatable bonds is 4. The van der Waals surface area contributed by atoms with E-state index < -0.39 is 0 Å². The molecule has 2 saturated carbocycles. The molecule has 7 nitrogen and oxygen atoms in total. The summed E-state index contributed by atoms with van der Waals surface area (Å²) in [7, 11) is 0. The highest BCUT2D eigenvalue weighted by atomic mass is 35.5. The van der Waals surface area contributed by atoms with Crippen LogP contribution >= 0.6 is 12.4 Å². The molecule has 2 saturated heterocycles. The maximum Gasteiger partial charge on any atom is 0.320 e. The van der Waals surface area contributed by atoms with Crippen LogP contribution in [0, 0.1) is 13.8 Å². The molecule has 2 aliphatic carbocycles. The molecule has 4 heterocycles. The molecule has 35 heavy (non-hydrogen) atoms. The molecule has 0 spiro atoms. The third-order valence-corrected chi connectivity index (χ3v) is 7.80. The van der Waals surface area contributed by atoms with E-state index in [1.54, 1.807) is 0 Å². The molecule has 0 atom stereocenters. The number of hydrogen-bond acceptors (Lipinski definition) is 5. The summed E-state index contributed by atoms with van der Waals surface area (Å²) >= 11 is 0. The van der Waals surface area contributed by atoms with Crippen molar-refractivity contribution < 1.29 is 4.79 Å². The molecule has 2 aromatic heterocycles. The first-order valence-electron chi connectivity index (χ1n) is 13.0. The minimum Gasteiger partial charge on any atom is -0.353 e. The third kappa shape index (κ3) is 5.06. The number of amides is 2. The summed E-state index contributed by atoms with van der Waals surface area (Å²) in [5.41, 5.74) is 5.30. The van der Waals surface area contributed by atoms with E-state index in [9.17, 15) is 4.79 Å². The fourth-order valence-electron chi connectivity index (χ4n) is 5.51. The molecule has 0 N–H and O–H groups in total. The number of aromatic nitrogens is 2. The van der Waals surface area contributed by atoms with Gasteiger partial charge >= 0.3 is 6.03 Å². The second kappa shape index (κ2) is 9.84. The monoisotopic (exact) mass is 496 g/mol. The smallest absolute Gasteiger partial charge is 0.320 e. The molecule has 8 heteroatoms. The van der Waals surface area contributed by atoms with Crippen LogP contribution in [-0.2, 0) is 0 Å². The molecule has 2 aliphatic heterocycles. The van der Waals surface area contributed by atoms with E-state index in [0.29, 0.717) is 11.8 Å². The molecule has 2 amide bonds. The van der Waals surface area contributed by atoms with Crippen molar-refractivity contribution in [2.24, 2.45) is 0 Å². The van der Waals surface area contributed by atoms with Crippen LogP contribution in [0.1, 0.15) is 59.8 Å². The Hall–Kier alpha value is -2.54. The lowest BCUT2D eigenvalue weighted by molar-refractivity contribution is 0.147. The van der Waals surface area contributed by atoms with E-state index in [4.69, 9.17) is 9.97 Å². The van der Waals surface area contributed by atoms with E-state index in [2.05, 4.69) is 35.8 Å². The number of nitrogens with zero attached hydrogens (tertiary/aromatic N) is 6. The van der Waals surface area contributed by atoms with Gasteiger partial charge in [0.05, 0.1) is 0 Å². The summed E-state index contributed by atoms with van der Waals surface area (Å²) < 4.78 is 0. The number of hydrogen-bond donors (Lipinski definition) is 0. The van der Waals surface area contributed by atoms with E-state index in [0.717, 1.165) is 64.0 Å². The summed E-state index contributed by atoms with van der Waals surface area (Å²) in [5.74, 6) is 3.65. The largest absolute Gasteiger partial charge is 0.353 e. The lowest BCUT2D eigenvalue weighted by atomic mass is 10.1. The Morgan fingerprint density at radius 2 is 1.06 bits per heavy atom. The van der Waals surface area contributed by atoms with Gasteiger partial charge in [0.15, 0.2) is 0 Å². The van der Waals surface area contributed by atoms with Gasteiger partial charge in [-0.2, -0.15) is 0 Å². The summed E-state index contributed by atoms with van der Waals surface area (Å²) in [6.45, 7) is 10.8. The highest BCUT2D eigenvalue weighted by molar-refractivity contribution is 5.85. The molecule has 4 aliphatic rings. The van der Waals surface area contributed by atoms with Crippen molar-refractivity contribution in [3.05, 3.63) is 46.8 Å². The van der Waals surface area contributed by atoms with Crippen molar-refractivity contribution in [3.63, 3.8) is 0 Å². The Morgan fingerprint density at radius 1 is 0.686 bits per heavy atom. The van der Waals surface area contributed by atoms with Gasteiger partial charge in [-0.25, -0.2) is 14.8 Å². The first-order valence-corrected chi connectivity index (χ1v) is 13.0. The molecule has 6 rings (SSSR count). The topological polar surface area (TPSA) is 55.8 Å². The van der Waals surface area contributed by atoms with Gasteiger partial charge in [0.1, 0.15) is 11.6 Å². The zero-order chi connectivity index (χ0) is 23.2. The minimum absolute atomic E-state index is 0. The van der Waals surface area contributed by atoms with Crippen LogP contribution in [-0.4, -0.2) is 78.2 Å². The molecular weight excluding hydrogens is 460 g/mol. The number of urea groups is 1. The second-order valence-electron chi connectivity index (χ2n) is 10.6. The predicted octanol–water partition coefficient (Wildman–Crippen LogP) is 4.33. The van der Waals surface area contributed by atoms with Crippen LogP contribution in [0.4, 0.5) is 16.4 Å². The molecular formula is C27H37ClN6O. The van der Waals surface area contributed by atoms with Crippen LogP contribution in [0.15, 0.2) is 24.5 Å². The van der Waals surface area contributed by atoms with Crippen LogP contribution < -0.4 is 9.80 Å². The fourth-order valence-corrected chi connectivity index (χ4v) is 5.51. The molecule has 0 aromatic carbocycles. The first-order chi connectivity index (χ1) is 16.6. The lowest BCUT2D eigenvalue weighted by Crippen LogP contribution is -2.57. The quantitative estimate of drug-likeness (QED) is 0.630. The van der Waals surface area contributed by atoms with Crippen LogP contribution in [0.25, 0.3) is 0 Å². The number of halogens is 1. The Morgan fingerprint density at radius 3 is 1.40 bits per heavy atom. The van der Waals surface area contributed by atoms with Gasteiger partial charge in [0, 0.05) is 64.8 Å². The van der Waals surface area contributed by atoms with Gasteiger partial charge in [-0.3, -0.25) is 0 Å². The Bertz CT molecular complexity index is 986. The first kappa shape index (κ1) is 24.2. The van der Waals surface area contributed by atoms with Gasteiger partial charge in [-0.15, -0.1) is 12.4 Å². The number of carbonyl (C=O) groups excluding carboxylic acids is 1. The summed E-state index contributed by atoms with van der Waals surface area (Å²) in [4.78, 5) is 31.7. The normalized spacial score (nSPS) is 20.6. The van der Waals surface area contributed by atoms with Crippen LogP contribution in [0.5, 0.6) is 0 Å². The molecule has 0 unspecified atom stereocenters. The predicted molar refractivity (Wildman–Crippen MR) is 142 cm³/mol. The second-order valence-corrected chi connectivity index (χ2v) is 10.6. The number of anilines is 2. The van der Waals surface area contributed by atoms with Crippen molar-refractivity contribution in [1.29, 1.82) is 0 Å². The zero-order valence-corrected chi connectivity index (χ0v) is 21.8. The third-order valence-electron chi connectivity index (χ3n) is 7.80. The molecule has 0 bridgehead atoms. The fraction of sp³-hybridized carbons (Fsp3) is 0.593. The van der Waals surface area contributed by atoms with Crippen molar-refractivity contribution in [2.75, 3.05) is 62.2 Å². The van der Waals surface area contributed by atoms with E-state index >= 15 is 0 Å². The summed E-state index contributed by atoms with van der Waals surface area (Å²) in [6, 6.07) is 4.82. The number of carbonyl (C=O) groups is 1. The highest BCUT2D eigenvalue weighted by Crippen LogP contribution is 2.45. The maximum atomic E-state index is 13.3. The van der Waals surface area contributed by atoms with E-state index in [1.807, 2.05) is 22.2 Å². The van der Waals surface area contributed by atoms with E-state index in [-0.39, 0.29) is 18.4 Å². The number of aryl methyl sites for hydroxylation is 2. The van der Waals surface area contributed by atoms with Crippen molar-refractivity contribution in [3.8, 4) is 0 Å². The molecule has 0 radical (unpaired) electrons. The standard InChI is InChI=1S/C27H36N6O.ClH/c1-19-15-23(21-3-4-21)25(28-17-19)30-7-11-32(12-8-30)27(34)33-13-9-31(10-14-33)26-24(22-5-6-22)16-20(2)18-29-26;/h15-18,21-22H,3-14H2,1-2H3;1H. The number of pyridine rings is 2. The van der Waals surface area contributed by atoms with E-state index in [1.165, 1.54) is 47.9 Å². The van der Waals surface area contributed by atoms with Crippen LogP contribution in [0.2, 0.25) is 0 Å². The van der Waals surface area contributed by atoms with Crippen LogP contribution in [0.3, 0.4) is 0 Å². The molecule has 2 aromatic rings. The SMILES string of the molecule is Cc1cnc(N2CCN(C(=O)N3CCN(c4ncc(C)cc4C4CC4)CC3)CC2)c(C2CC2)c1.Cl. The van der Waals surface area contributed by atoms with Gasteiger partial charge in [0.2, 0.25) is 0 Å². The molecule has 188 valence electrons. The number of piperazine rings is 2. The average Bonchev–Trinajstić information content (AvgIpc) is 3.77. The highest BCUT2D eigenvalue weighted by Gasteiger charge is 2.33. The average molecular weight is 497 g/mol. The Labute approximate surface area is 214 Å². The Balaban J connectivity index is 0.00000253. The maximum absolute atomic E-state index is 13.3. The Kier molecular flexibility index (Phi) is 6.80. The van der Waals surface area contributed by atoms with Gasteiger partial charge < -0.3 is 19.6 Å².